The predicted molar refractivity (Wildman–Crippen MR) is 89.4 cm³/mol. The van der Waals surface area contributed by atoms with Crippen LogP contribution in [-0.2, 0) is 11.3 Å². The monoisotopic (exact) mass is 347 g/mol. The number of rotatable bonds is 4. The number of pyridine rings is 1. The molecular formula is C17H18FN3O2S. The van der Waals surface area contributed by atoms with Crippen molar-refractivity contribution in [1.29, 1.82) is 0 Å². The fourth-order valence-corrected chi connectivity index (χ4v) is 3.46. The van der Waals surface area contributed by atoms with Crippen molar-refractivity contribution in [3.05, 3.63) is 52.5 Å². The lowest BCUT2D eigenvalue weighted by Gasteiger charge is -2.36. The fraction of sp³-hybridized carbons (Fsp3) is 0.353. The Morgan fingerprint density at radius 3 is 2.83 bits per heavy atom. The minimum Gasteiger partial charge on any atom is -0.349 e. The first-order chi connectivity index (χ1) is 11.6. The molecule has 1 atom stereocenters. The van der Waals surface area contributed by atoms with E-state index in [1.54, 1.807) is 42.0 Å². The molecule has 0 aromatic carbocycles. The number of hydrogen-bond donors (Lipinski definition) is 1. The SMILES string of the molecule is O=C(c1cccs1)N1CCCC(F)(C(=O)NCc2ccncc2)C1. The van der Waals surface area contributed by atoms with Crippen LogP contribution in [0.1, 0.15) is 28.1 Å². The summed E-state index contributed by atoms with van der Waals surface area (Å²) in [6, 6.07) is 7.02. The maximum absolute atomic E-state index is 15.1. The Balaban J connectivity index is 1.63. The molecular weight excluding hydrogens is 329 g/mol. The Labute approximate surface area is 143 Å². The zero-order valence-electron chi connectivity index (χ0n) is 13.1. The van der Waals surface area contributed by atoms with E-state index in [9.17, 15) is 9.59 Å². The second kappa shape index (κ2) is 7.09. The van der Waals surface area contributed by atoms with E-state index >= 15 is 4.39 Å². The zero-order valence-corrected chi connectivity index (χ0v) is 13.9. The second-order valence-electron chi connectivity index (χ2n) is 5.81. The molecule has 0 spiro atoms. The van der Waals surface area contributed by atoms with Crippen molar-refractivity contribution in [2.75, 3.05) is 13.1 Å². The normalized spacial score (nSPS) is 20.6. The highest BCUT2D eigenvalue weighted by molar-refractivity contribution is 7.12. The molecule has 7 heteroatoms. The number of amides is 2. The van der Waals surface area contributed by atoms with E-state index in [2.05, 4.69) is 10.3 Å². The Kier molecular flexibility index (Phi) is 4.89. The lowest BCUT2D eigenvalue weighted by atomic mass is 9.93. The van der Waals surface area contributed by atoms with Crippen LogP contribution in [0.3, 0.4) is 0 Å². The number of thiophene rings is 1. The van der Waals surface area contributed by atoms with Crippen LogP contribution in [0, 0.1) is 0 Å². The smallest absolute Gasteiger partial charge is 0.264 e. The van der Waals surface area contributed by atoms with E-state index < -0.39 is 11.6 Å². The molecule has 24 heavy (non-hydrogen) atoms. The molecule has 3 rings (SSSR count). The first-order valence-corrected chi connectivity index (χ1v) is 8.65. The van der Waals surface area contributed by atoms with Gasteiger partial charge in [0.2, 0.25) is 5.67 Å². The maximum Gasteiger partial charge on any atom is 0.264 e. The first kappa shape index (κ1) is 16.6. The highest BCUT2D eigenvalue weighted by atomic mass is 32.1. The van der Waals surface area contributed by atoms with Crippen molar-refractivity contribution in [2.24, 2.45) is 0 Å². The van der Waals surface area contributed by atoms with Crippen molar-refractivity contribution in [3.8, 4) is 0 Å². The van der Waals surface area contributed by atoms with Gasteiger partial charge in [-0.3, -0.25) is 14.6 Å². The van der Waals surface area contributed by atoms with Gasteiger partial charge in [-0.2, -0.15) is 0 Å². The van der Waals surface area contributed by atoms with Crippen LogP contribution in [0.5, 0.6) is 0 Å². The topological polar surface area (TPSA) is 62.3 Å². The zero-order chi connectivity index (χ0) is 17.0. The molecule has 1 N–H and O–H groups in total. The highest BCUT2D eigenvalue weighted by Gasteiger charge is 2.44. The van der Waals surface area contributed by atoms with Crippen molar-refractivity contribution >= 4 is 23.2 Å². The summed E-state index contributed by atoms with van der Waals surface area (Å²) in [5.41, 5.74) is -1.19. The van der Waals surface area contributed by atoms with Crippen LogP contribution in [-0.4, -0.2) is 40.5 Å². The van der Waals surface area contributed by atoms with Crippen LogP contribution in [0.15, 0.2) is 42.0 Å². The molecule has 5 nitrogen and oxygen atoms in total. The van der Waals surface area contributed by atoms with E-state index in [1.165, 1.54) is 16.2 Å². The molecule has 1 aliphatic rings. The summed E-state index contributed by atoms with van der Waals surface area (Å²) in [5.74, 6) is -0.878. The molecule has 126 valence electrons. The number of halogens is 1. The van der Waals surface area contributed by atoms with Gasteiger partial charge >= 0.3 is 0 Å². The number of carbonyl (C=O) groups is 2. The molecule has 0 bridgehead atoms. The average Bonchev–Trinajstić information content (AvgIpc) is 3.14. The molecule has 1 aliphatic heterocycles. The largest absolute Gasteiger partial charge is 0.349 e. The minimum absolute atomic E-state index is 0.128. The lowest BCUT2D eigenvalue weighted by molar-refractivity contribution is -0.136. The number of hydrogen-bond acceptors (Lipinski definition) is 4. The third kappa shape index (κ3) is 3.62. The molecule has 3 heterocycles. The summed E-state index contributed by atoms with van der Waals surface area (Å²) < 4.78 is 15.1. The van der Waals surface area contributed by atoms with Crippen molar-refractivity contribution in [3.63, 3.8) is 0 Å². The molecule has 2 aromatic rings. The van der Waals surface area contributed by atoms with Crippen LogP contribution in [0.4, 0.5) is 4.39 Å². The first-order valence-electron chi connectivity index (χ1n) is 7.77. The molecule has 0 radical (unpaired) electrons. The minimum atomic E-state index is -2.04. The summed E-state index contributed by atoms with van der Waals surface area (Å²) in [5, 5.41) is 4.43. The van der Waals surface area contributed by atoms with Crippen molar-refractivity contribution in [1.82, 2.24) is 15.2 Å². The number of likely N-dealkylation sites (tertiary alicyclic amines) is 1. The van der Waals surface area contributed by atoms with Gasteiger partial charge in [-0.25, -0.2) is 4.39 Å². The van der Waals surface area contributed by atoms with Gasteiger partial charge in [0.05, 0.1) is 11.4 Å². The van der Waals surface area contributed by atoms with Gasteiger partial charge in [-0.15, -0.1) is 11.3 Å². The molecule has 1 fully saturated rings. The summed E-state index contributed by atoms with van der Waals surface area (Å²) >= 11 is 1.32. The molecule has 0 aliphatic carbocycles. The summed E-state index contributed by atoms with van der Waals surface area (Å²) in [6.07, 6.45) is 3.84. The van der Waals surface area contributed by atoms with Crippen molar-refractivity contribution in [2.45, 2.75) is 25.1 Å². The Morgan fingerprint density at radius 2 is 2.12 bits per heavy atom. The van der Waals surface area contributed by atoms with Gasteiger partial charge < -0.3 is 10.2 Å². The lowest BCUT2D eigenvalue weighted by Crippen LogP contribution is -2.55. The van der Waals surface area contributed by atoms with Crippen LogP contribution < -0.4 is 5.32 Å². The Hall–Kier alpha value is -2.28. The maximum atomic E-state index is 15.1. The summed E-state index contributed by atoms with van der Waals surface area (Å²) in [4.78, 5) is 30.6. The Bertz CT molecular complexity index is 708. The van der Waals surface area contributed by atoms with Crippen LogP contribution in [0.2, 0.25) is 0 Å². The average molecular weight is 347 g/mol. The number of nitrogens with one attached hydrogen (secondary N) is 1. The summed E-state index contributed by atoms with van der Waals surface area (Å²) in [7, 11) is 0. The number of nitrogens with zero attached hydrogens (tertiary/aromatic N) is 2. The number of carbonyl (C=O) groups excluding carboxylic acids is 2. The Morgan fingerprint density at radius 1 is 1.33 bits per heavy atom. The van der Waals surface area contributed by atoms with Gasteiger partial charge in [0, 0.05) is 25.5 Å². The molecule has 1 saturated heterocycles. The predicted octanol–water partition coefficient (Wildman–Crippen LogP) is 2.40. The second-order valence-corrected chi connectivity index (χ2v) is 6.76. The highest BCUT2D eigenvalue weighted by Crippen LogP contribution is 2.27. The van der Waals surface area contributed by atoms with E-state index in [-0.39, 0.29) is 25.4 Å². The van der Waals surface area contributed by atoms with Gasteiger partial charge in [0.15, 0.2) is 0 Å². The van der Waals surface area contributed by atoms with E-state index in [0.29, 0.717) is 17.8 Å². The molecule has 2 aromatic heterocycles. The van der Waals surface area contributed by atoms with E-state index in [1.807, 2.05) is 0 Å². The third-order valence-corrected chi connectivity index (χ3v) is 4.93. The molecule has 1 unspecified atom stereocenters. The van der Waals surface area contributed by atoms with Crippen LogP contribution in [0.25, 0.3) is 0 Å². The number of alkyl halides is 1. The quantitative estimate of drug-likeness (QED) is 0.924. The number of aromatic nitrogens is 1. The molecule has 0 saturated carbocycles. The van der Waals surface area contributed by atoms with Crippen molar-refractivity contribution < 1.29 is 14.0 Å². The summed E-state index contributed by atoms with van der Waals surface area (Å²) in [6.45, 7) is 0.512. The van der Waals surface area contributed by atoms with Gasteiger partial charge in [0.1, 0.15) is 0 Å². The van der Waals surface area contributed by atoms with Gasteiger partial charge in [-0.05, 0) is 42.0 Å². The molecule has 2 amide bonds. The standard InChI is InChI=1S/C17H18FN3O2S/c18-17(16(23)20-11-13-4-7-19-8-5-13)6-2-9-21(12-17)15(22)14-3-1-10-24-14/h1,3-5,7-8,10H,2,6,9,11-12H2,(H,20,23). The van der Waals surface area contributed by atoms with Gasteiger partial charge in [0.25, 0.3) is 11.8 Å². The van der Waals surface area contributed by atoms with E-state index in [0.717, 1.165) is 5.56 Å². The number of piperidine rings is 1. The van der Waals surface area contributed by atoms with Gasteiger partial charge in [-0.1, -0.05) is 6.07 Å². The fourth-order valence-electron chi connectivity index (χ4n) is 2.77. The van der Waals surface area contributed by atoms with E-state index in [4.69, 9.17) is 0 Å². The van der Waals surface area contributed by atoms with Crippen LogP contribution >= 0.6 is 11.3 Å². The third-order valence-electron chi connectivity index (χ3n) is 4.07.